The van der Waals surface area contributed by atoms with Gasteiger partial charge in [0.1, 0.15) is 0 Å². The summed E-state index contributed by atoms with van der Waals surface area (Å²) in [5.74, 6) is 0. The molecule has 76 valence electrons. The minimum Gasteiger partial charge on any atom is -0.341 e. The lowest BCUT2D eigenvalue weighted by molar-refractivity contribution is 0.254. The largest absolute Gasteiger partial charge is 0.341 e. The molecule has 0 aliphatic heterocycles. The first-order valence-electron chi connectivity index (χ1n) is 3.83. The molecule has 0 fully saturated rings. The van der Waals surface area contributed by atoms with E-state index in [1.54, 1.807) is 12.1 Å². The molecular weight excluding hydrogens is 204 g/mol. The fraction of sp³-hybridized carbons (Fsp3) is 0.125. The zero-order chi connectivity index (χ0) is 10.6. The Morgan fingerprint density at radius 2 is 1.93 bits per heavy atom. The molecule has 0 aromatic heterocycles. The molecule has 1 unspecified atom stereocenters. The Labute approximate surface area is 83.8 Å². The van der Waals surface area contributed by atoms with Crippen LogP contribution in [-0.4, -0.2) is 21.8 Å². The molecule has 0 saturated carbocycles. The molecule has 0 heterocycles. The van der Waals surface area contributed by atoms with Gasteiger partial charge in [-0.2, -0.15) is 0 Å². The number of nitrogens with one attached hydrogen (secondary N) is 2. The summed E-state index contributed by atoms with van der Waals surface area (Å²) in [6.45, 7) is 0. The molecule has 0 radical (unpaired) electrons. The Balaban J connectivity index is 2.73. The SMILES string of the molecule is CNC(=O)Nc1ccc(S(=O)O)cc1. The van der Waals surface area contributed by atoms with Crippen molar-refractivity contribution in [1.82, 2.24) is 5.32 Å². The van der Waals surface area contributed by atoms with Gasteiger partial charge in [-0.3, -0.25) is 0 Å². The third-order valence-electron chi connectivity index (χ3n) is 1.54. The number of urea groups is 1. The lowest BCUT2D eigenvalue weighted by atomic mass is 10.3. The number of amides is 2. The number of benzene rings is 1. The van der Waals surface area contributed by atoms with Gasteiger partial charge < -0.3 is 15.2 Å². The third kappa shape index (κ3) is 2.82. The maximum atomic E-state index is 10.9. The van der Waals surface area contributed by atoms with Gasteiger partial charge >= 0.3 is 6.03 Å². The van der Waals surface area contributed by atoms with Crippen molar-refractivity contribution in [3.8, 4) is 0 Å². The summed E-state index contributed by atoms with van der Waals surface area (Å²) in [7, 11) is 1.51. The summed E-state index contributed by atoms with van der Waals surface area (Å²) >= 11 is -1.98. The quantitative estimate of drug-likeness (QED) is 0.643. The van der Waals surface area contributed by atoms with Crippen molar-refractivity contribution >= 4 is 22.8 Å². The number of carbonyl (C=O) groups excluding carboxylic acids is 1. The normalized spacial score (nSPS) is 11.9. The maximum absolute atomic E-state index is 10.9. The van der Waals surface area contributed by atoms with E-state index in [2.05, 4.69) is 10.6 Å². The monoisotopic (exact) mass is 214 g/mol. The second kappa shape index (κ2) is 4.73. The van der Waals surface area contributed by atoms with Crippen molar-refractivity contribution in [2.45, 2.75) is 4.90 Å². The number of hydrogen-bond acceptors (Lipinski definition) is 2. The number of hydrogen-bond donors (Lipinski definition) is 3. The summed E-state index contributed by atoms with van der Waals surface area (Å²) in [5, 5.41) is 4.92. The van der Waals surface area contributed by atoms with Gasteiger partial charge in [0.25, 0.3) is 0 Å². The second-order valence-electron chi connectivity index (χ2n) is 2.48. The molecule has 1 aromatic rings. The van der Waals surface area contributed by atoms with E-state index in [9.17, 15) is 9.00 Å². The summed E-state index contributed by atoms with van der Waals surface area (Å²) in [5.41, 5.74) is 0.568. The van der Waals surface area contributed by atoms with Crippen molar-refractivity contribution < 1.29 is 13.6 Å². The highest BCUT2D eigenvalue weighted by Crippen LogP contribution is 2.11. The van der Waals surface area contributed by atoms with Gasteiger partial charge in [-0.25, -0.2) is 9.00 Å². The van der Waals surface area contributed by atoms with Crippen LogP contribution in [0.2, 0.25) is 0 Å². The average Bonchev–Trinajstić information content (AvgIpc) is 2.18. The van der Waals surface area contributed by atoms with E-state index in [0.29, 0.717) is 10.6 Å². The van der Waals surface area contributed by atoms with Crippen molar-refractivity contribution in [2.24, 2.45) is 0 Å². The van der Waals surface area contributed by atoms with Crippen LogP contribution < -0.4 is 10.6 Å². The van der Waals surface area contributed by atoms with E-state index in [0.717, 1.165) is 0 Å². The van der Waals surface area contributed by atoms with Gasteiger partial charge in [-0.15, -0.1) is 0 Å². The van der Waals surface area contributed by atoms with Crippen LogP contribution in [0, 0.1) is 0 Å². The predicted octanol–water partition coefficient (Wildman–Crippen LogP) is 1.02. The standard InChI is InChI=1S/C8H10N2O3S/c1-9-8(11)10-6-2-4-7(5-3-6)14(12)13/h2-5H,1H3,(H,12,13)(H2,9,10,11). The Bertz CT molecular complexity index is 350. The van der Waals surface area contributed by atoms with Crippen LogP contribution >= 0.6 is 0 Å². The Kier molecular flexibility index (Phi) is 3.61. The number of rotatable bonds is 2. The molecule has 2 amide bonds. The van der Waals surface area contributed by atoms with E-state index < -0.39 is 11.1 Å². The fourth-order valence-electron chi connectivity index (χ4n) is 0.848. The molecule has 3 N–H and O–H groups in total. The van der Waals surface area contributed by atoms with E-state index in [1.165, 1.54) is 19.2 Å². The Hall–Kier alpha value is -1.40. The van der Waals surface area contributed by atoms with Gasteiger partial charge in [0.05, 0.1) is 4.90 Å². The first kappa shape index (κ1) is 10.7. The highest BCUT2D eigenvalue weighted by Gasteiger charge is 2.01. The van der Waals surface area contributed by atoms with Crippen LogP contribution in [0.5, 0.6) is 0 Å². The Morgan fingerprint density at radius 1 is 1.36 bits per heavy atom. The molecule has 0 aliphatic carbocycles. The molecule has 14 heavy (non-hydrogen) atoms. The minimum atomic E-state index is -1.98. The average molecular weight is 214 g/mol. The van der Waals surface area contributed by atoms with Gasteiger partial charge in [-0.1, -0.05) is 0 Å². The Morgan fingerprint density at radius 3 is 2.36 bits per heavy atom. The molecule has 1 atom stereocenters. The van der Waals surface area contributed by atoms with Crippen LogP contribution in [0.25, 0.3) is 0 Å². The first-order chi connectivity index (χ1) is 6.63. The highest BCUT2D eigenvalue weighted by atomic mass is 32.2. The molecule has 5 nitrogen and oxygen atoms in total. The number of anilines is 1. The molecular formula is C8H10N2O3S. The van der Waals surface area contributed by atoms with E-state index in [1.807, 2.05) is 0 Å². The van der Waals surface area contributed by atoms with Gasteiger partial charge in [0.15, 0.2) is 11.1 Å². The zero-order valence-corrected chi connectivity index (χ0v) is 8.30. The van der Waals surface area contributed by atoms with Crippen molar-refractivity contribution in [3.63, 3.8) is 0 Å². The molecule has 0 bridgehead atoms. The third-order valence-corrected chi connectivity index (χ3v) is 2.22. The van der Waals surface area contributed by atoms with Crippen LogP contribution in [0.1, 0.15) is 0 Å². The first-order valence-corrected chi connectivity index (χ1v) is 4.94. The van der Waals surface area contributed by atoms with Crippen molar-refractivity contribution in [1.29, 1.82) is 0 Å². The topological polar surface area (TPSA) is 78.4 Å². The zero-order valence-electron chi connectivity index (χ0n) is 7.48. The van der Waals surface area contributed by atoms with Crippen LogP contribution in [-0.2, 0) is 11.1 Å². The molecule has 0 saturated heterocycles. The van der Waals surface area contributed by atoms with Gasteiger partial charge in [0, 0.05) is 12.7 Å². The fourth-order valence-corrected chi connectivity index (χ4v) is 1.22. The molecule has 6 heteroatoms. The molecule has 1 aromatic carbocycles. The molecule has 0 spiro atoms. The van der Waals surface area contributed by atoms with Crippen LogP contribution in [0.4, 0.5) is 10.5 Å². The summed E-state index contributed by atoms with van der Waals surface area (Å²) < 4.78 is 19.3. The minimum absolute atomic E-state index is 0.299. The lowest BCUT2D eigenvalue weighted by Gasteiger charge is -2.03. The van der Waals surface area contributed by atoms with E-state index in [4.69, 9.17) is 4.55 Å². The lowest BCUT2D eigenvalue weighted by Crippen LogP contribution is -2.24. The summed E-state index contributed by atoms with van der Waals surface area (Å²) in [6.07, 6.45) is 0. The molecule has 1 rings (SSSR count). The molecule has 0 aliphatic rings. The van der Waals surface area contributed by atoms with Crippen LogP contribution in [0.3, 0.4) is 0 Å². The van der Waals surface area contributed by atoms with Crippen LogP contribution in [0.15, 0.2) is 29.2 Å². The van der Waals surface area contributed by atoms with E-state index >= 15 is 0 Å². The predicted molar refractivity (Wildman–Crippen MR) is 53.6 cm³/mol. The van der Waals surface area contributed by atoms with E-state index in [-0.39, 0.29) is 6.03 Å². The maximum Gasteiger partial charge on any atom is 0.318 e. The highest BCUT2D eigenvalue weighted by molar-refractivity contribution is 7.79. The summed E-state index contributed by atoms with van der Waals surface area (Å²) in [4.78, 5) is 11.2. The number of carbonyl (C=O) groups is 1. The van der Waals surface area contributed by atoms with Crippen molar-refractivity contribution in [3.05, 3.63) is 24.3 Å². The van der Waals surface area contributed by atoms with Crippen molar-refractivity contribution in [2.75, 3.05) is 12.4 Å². The second-order valence-corrected chi connectivity index (χ2v) is 3.45. The van der Waals surface area contributed by atoms with Gasteiger partial charge in [-0.05, 0) is 24.3 Å². The smallest absolute Gasteiger partial charge is 0.318 e. The summed E-state index contributed by atoms with van der Waals surface area (Å²) in [6, 6.07) is 5.73. The van der Waals surface area contributed by atoms with Gasteiger partial charge in [0.2, 0.25) is 0 Å².